The van der Waals surface area contributed by atoms with Crippen LogP contribution in [0.3, 0.4) is 0 Å². The minimum Gasteiger partial charge on any atom is -0.369 e. The number of aryl methyl sites for hydroxylation is 1. The van der Waals surface area contributed by atoms with E-state index in [2.05, 4.69) is 41.4 Å². The molecule has 2 saturated heterocycles. The number of hydrogen-bond donors (Lipinski definition) is 1. The topological polar surface area (TPSA) is 41.6 Å². The Hall–Kier alpha value is -1.39. The van der Waals surface area contributed by atoms with Crippen molar-refractivity contribution in [2.75, 3.05) is 26.3 Å². The van der Waals surface area contributed by atoms with E-state index < -0.39 is 0 Å². The molecule has 20 heavy (non-hydrogen) atoms. The lowest BCUT2D eigenvalue weighted by Crippen LogP contribution is -2.62. The highest BCUT2D eigenvalue weighted by Crippen LogP contribution is 2.31. The first-order valence-corrected chi connectivity index (χ1v) is 7.34. The fourth-order valence-electron chi connectivity index (χ4n) is 3.30. The van der Waals surface area contributed by atoms with Crippen LogP contribution < -0.4 is 5.32 Å². The van der Waals surface area contributed by atoms with Crippen LogP contribution >= 0.6 is 0 Å². The average Bonchev–Trinajstić information content (AvgIpc) is 2.44. The fraction of sp³-hybridized carbons (Fsp3) is 0.562. The molecule has 0 aromatic heterocycles. The van der Waals surface area contributed by atoms with Gasteiger partial charge in [0.25, 0.3) is 0 Å². The van der Waals surface area contributed by atoms with Gasteiger partial charge in [-0.1, -0.05) is 29.8 Å². The summed E-state index contributed by atoms with van der Waals surface area (Å²) < 4.78 is 5.55. The van der Waals surface area contributed by atoms with Crippen molar-refractivity contribution in [3.8, 4) is 0 Å². The van der Waals surface area contributed by atoms with Crippen molar-refractivity contribution in [2.45, 2.75) is 31.8 Å². The fourth-order valence-corrected chi connectivity index (χ4v) is 3.30. The Morgan fingerprint density at radius 1 is 1.35 bits per heavy atom. The van der Waals surface area contributed by atoms with E-state index in [0.29, 0.717) is 13.2 Å². The molecule has 0 atom stereocenters. The van der Waals surface area contributed by atoms with Gasteiger partial charge in [-0.05, 0) is 38.4 Å². The summed E-state index contributed by atoms with van der Waals surface area (Å²) in [5.74, 6) is 0.125. The number of rotatable bonds is 2. The van der Waals surface area contributed by atoms with E-state index in [-0.39, 0.29) is 18.1 Å². The molecule has 4 heteroatoms. The summed E-state index contributed by atoms with van der Waals surface area (Å²) >= 11 is 0. The summed E-state index contributed by atoms with van der Waals surface area (Å²) in [6.45, 7) is 5.60. The third-order valence-corrected chi connectivity index (χ3v) is 4.43. The molecule has 1 spiro atoms. The molecule has 108 valence electrons. The van der Waals surface area contributed by atoms with Crippen molar-refractivity contribution in [1.29, 1.82) is 0 Å². The van der Waals surface area contributed by atoms with Gasteiger partial charge in [0.2, 0.25) is 5.91 Å². The average molecular weight is 274 g/mol. The molecule has 2 fully saturated rings. The minimum absolute atomic E-state index is 0.107. The molecule has 2 aliphatic rings. The smallest absolute Gasteiger partial charge is 0.249 e. The van der Waals surface area contributed by atoms with Crippen molar-refractivity contribution >= 4 is 5.91 Å². The summed E-state index contributed by atoms with van der Waals surface area (Å²) in [6.07, 6.45) is 1.95. The van der Waals surface area contributed by atoms with Gasteiger partial charge in [-0.3, -0.25) is 4.79 Å². The number of benzene rings is 1. The molecular weight excluding hydrogens is 252 g/mol. The predicted molar refractivity (Wildman–Crippen MR) is 77.4 cm³/mol. The van der Waals surface area contributed by atoms with Crippen LogP contribution in [0.15, 0.2) is 24.3 Å². The molecule has 4 nitrogen and oxygen atoms in total. The van der Waals surface area contributed by atoms with Gasteiger partial charge in [0, 0.05) is 6.54 Å². The Kier molecular flexibility index (Phi) is 3.76. The molecule has 1 aromatic rings. The second-order valence-electron chi connectivity index (χ2n) is 5.94. The number of morpholine rings is 1. The first-order chi connectivity index (χ1) is 9.70. The van der Waals surface area contributed by atoms with E-state index in [1.54, 1.807) is 0 Å². The maximum absolute atomic E-state index is 12.3. The van der Waals surface area contributed by atoms with Crippen molar-refractivity contribution in [3.05, 3.63) is 35.4 Å². The first kappa shape index (κ1) is 13.6. The zero-order valence-electron chi connectivity index (χ0n) is 12.0. The maximum atomic E-state index is 12.3. The van der Waals surface area contributed by atoms with Crippen LogP contribution in [0.2, 0.25) is 0 Å². The van der Waals surface area contributed by atoms with Crippen LogP contribution in [-0.4, -0.2) is 42.6 Å². The van der Waals surface area contributed by atoms with E-state index in [4.69, 9.17) is 4.74 Å². The lowest BCUT2D eigenvalue weighted by atomic mass is 9.85. The minimum atomic E-state index is -0.107. The predicted octanol–water partition coefficient (Wildman–Crippen LogP) is 1.48. The monoisotopic (exact) mass is 274 g/mol. The number of amides is 1. The van der Waals surface area contributed by atoms with Crippen molar-refractivity contribution in [1.82, 2.24) is 10.2 Å². The highest BCUT2D eigenvalue weighted by molar-refractivity contribution is 5.79. The lowest BCUT2D eigenvalue weighted by Gasteiger charge is -2.49. The van der Waals surface area contributed by atoms with Gasteiger partial charge in [0.1, 0.15) is 6.61 Å². The first-order valence-electron chi connectivity index (χ1n) is 7.34. The number of carbonyl (C=O) groups excluding carboxylic acids is 1. The van der Waals surface area contributed by atoms with Crippen LogP contribution in [0.4, 0.5) is 0 Å². The molecule has 2 heterocycles. The summed E-state index contributed by atoms with van der Waals surface area (Å²) in [5, 5.41) is 3.37. The molecule has 0 radical (unpaired) electrons. The standard InChI is InChI=1S/C16H22N2O2/c1-13-3-2-4-14(9-13)10-18-15(19)11-20-12-16(18)5-7-17-8-6-16/h2-4,9,17H,5-8,10-12H2,1H3. The van der Waals surface area contributed by atoms with E-state index in [1.807, 2.05) is 0 Å². The highest BCUT2D eigenvalue weighted by Gasteiger charge is 2.43. The molecule has 1 N–H and O–H groups in total. The van der Waals surface area contributed by atoms with Crippen LogP contribution in [-0.2, 0) is 16.1 Å². The van der Waals surface area contributed by atoms with Crippen LogP contribution in [0.25, 0.3) is 0 Å². The lowest BCUT2D eigenvalue weighted by molar-refractivity contribution is -0.162. The molecule has 0 saturated carbocycles. The van der Waals surface area contributed by atoms with Crippen LogP contribution in [0.5, 0.6) is 0 Å². The number of hydrogen-bond acceptors (Lipinski definition) is 3. The highest BCUT2D eigenvalue weighted by atomic mass is 16.5. The Morgan fingerprint density at radius 2 is 2.15 bits per heavy atom. The molecule has 2 aliphatic heterocycles. The SMILES string of the molecule is Cc1cccc(CN2C(=O)COCC23CCNCC3)c1. The number of piperidine rings is 1. The molecule has 1 aromatic carbocycles. The molecule has 3 rings (SSSR count). The number of carbonyl (C=O) groups is 1. The van der Waals surface area contributed by atoms with Crippen LogP contribution in [0.1, 0.15) is 24.0 Å². The second-order valence-corrected chi connectivity index (χ2v) is 5.94. The largest absolute Gasteiger partial charge is 0.369 e. The summed E-state index contributed by atoms with van der Waals surface area (Å²) in [6, 6.07) is 8.41. The summed E-state index contributed by atoms with van der Waals surface area (Å²) in [7, 11) is 0. The summed E-state index contributed by atoms with van der Waals surface area (Å²) in [4.78, 5) is 14.4. The maximum Gasteiger partial charge on any atom is 0.249 e. The van der Waals surface area contributed by atoms with E-state index in [9.17, 15) is 4.79 Å². The zero-order chi connectivity index (χ0) is 14.0. The van der Waals surface area contributed by atoms with Gasteiger partial charge >= 0.3 is 0 Å². The van der Waals surface area contributed by atoms with Gasteiger partial charge in [-0.15, -0.1) is 0 Å². The van der Waals surface area contributed by atoms with Crippen molar-refractivity contribution < 1.29 is 9.53 Å². The number of nitrogens with zero attached hydrogens (tertiary/aromatic N) is 1. The zero-order valence-corrected chi connectivity index (χ0v) is 12.0. The second kappa shape index (κ2) is 5.54. The third-order valence-electron chi connectivity index (χ3n) is 4.43. The van der Waals surface area contributed by atoms with Crippen molar-refractivity contribution in [2.24, 2.45) is 0 Å². The Balaban J connectivity index is 1.84. The molecule has 1 amide bonds. The van der Waals surface area contributed by atoms with Gasteiger partial charge in [0.15, 0.2) is 0 Å². The molecule has 0 bridgehead atoms. The molecular formula is C16H22N2O2. The van der Waals surface area contributed by atoms with Crippen molar-refractivity contribution in [3.63, 3.8) is 0 Å². The van der Waals surface area contributed by atoms with E-state index in [1.165, 1.54) is 11.1 Å². The summed E-state index contributed by atoms with van der Waals surface area (Å²) in [5.41, 5.74) is 2.34. The quantitative estimate of drug-likeness (QED) is 0.888. The normalized spacial score (nSPS) is 22.2. The third kappa shape index (κ3) is 2.58. The van der Waals surface area contributed by atoms with E-state index in [0.717, 1.165) is 25.9 Å². The molecule has 0 unspecified atom stereocenters. The Bertz CT molecular complexity index is 489. The van der Waals surface area contributed by atoms with Gasteiger partial charge in [0.05, 0.1) is 12.1 Å². The number of ether oxygens (including phenoxy) is 1. The van der Waals surface area contributed by atoms with E-state index >= 15 is 0 Å². The molecule has 0 aliphatic carbocycles. The Morgan fingerprint density at radius 3 is 2.90 bits per heavy atom. The van der Waals surface area contributed by atoms with Crippen LogP contribution in [0, 0.1) is 6.92 Å². The van der Waals surface area contributed by atoms with Gasteiger partial charge in [-0.25, -0.2) is 0 Å². The van der Waals surface area contributed by atoms with Gasteiger partial charge < -0.3 is 15.0 Å². The van der Waals surface area contributed by atoms with Gasteiger partial charge in [-0.2, -0.15) is 0 Å². The number of nitrogens with one attached hydrogen (secondary N) is 1. The Labute approximate surface area is 120 Å².